The molecular formula is C13H16N2O4S. The highest BCUT2D eigenvalue weighted by Crippen LogP contribution is 2.25. The van der Waals surface area contributed by atoms with Gasteiger partial charge in [-0.05, 0) is 32.4 Å². The van der Waals surface area contributed by atoms with E-state index in [1.165, 1.54) is 12.1 Å². The molecule has 0 bridgehead atoms. The Bertz CT molecular complexity index is 566. The Hall–Kier alpha value is -1.44. The molecule has 1 aliphatic rings. The summed E-state index contributed by atoms with van der Waals surface area (Å²) in [7, 11) is 0. The van der Waals surface area contributed by atoms with E-state index in [4.69, 9.17) is 4.74 Å². The van der Waals surface area contributed by atoms with Gasteiger partial charge in [-0.15, -0.1) is 0 Å². The van der Waals surface area contributed by atoms with E-state index >= 15 is 0 Å². The number of nitro groups is 1. The van der Waals surface area contributed by atoms with Crippen LogP contribution in [0.1, 0.15) is 31.9 Å². The molecule has 7 heteroatoms. The second-order valence-electron chi connectivity index (χ2n) is 5.49. The number of fused-ring (bicyclic) bond motifs is 1. The van der Waals surface area contributed by atoms with Crippen molar-refractivity contribution in [3.8, 4) is 0 Å². The van der Waals surface area contributed by atoms with Crippen LogP contribution in [0.25, 0.3) is 0 Å². The first-order valence-corrected chi connectivity index (χ1v) is 7.24. The molecule has 0 N–H and O–H groups in total. The Morgan fingerprint density at radius 2 is 2.05 bits per heavy atom. The highest BCUT2D eigenvalue weighted by Gasteiger charge is 2.29. The predicted molar refractivity (Wildman–Crippen MR) is 77.2 cm³/mol. The number of hydrogen-bond donors (Lipinski definition) is 0. The zero-order valence-corrected chi connectivity index (χ0v) is 12.4. The third kappa shape index (κ3) is 3.17. The quantitative estimate of drug-likeness (QED) is 0.476. The Morgan fingerprint density at radius 3 is 2.65 bits per heavy atom. The van der Waals surface area contributed by atoms with E-state index in [0.29, 0.717) is 17.9 Å². The van der Waals surface area contributed by atoms with Gasteiger partial charge in [0.15, 0.2) is 0 Å². The van der Waals surface area contributed by atoms with Gasteiger partial charge >= 0.3 is 0 Å². The summed E-state index contributed by atoms with van der Waals surface area (Å²) < 4.78 is 21.2. The molecular weight excluding hydrogens is 280 g/mol. The van der Waals surface area contributed by atoms with Gasteiger partial charge in [0, 0.05) is 17.7 Å². The van der Waals surface area contributed by atoms with Gasteiger partial charge in [-0.2, -0.15) is 0 Å². The van der Waals surface area contributed by atoms with Crippen LogP contribution in [-0.4, -0.2) is 26.5 Å². The number of hydrogen-bond acceptors (Lipinski definition) is 5. The molecule has 20 heavy (non-hydrogen) atoms. The van der Waals surface area contributed by atoms with E-state index < -0.39 is 21.0 Å². The Labute approximate surface area is 120 Å². The van der Waals surface area contributed by atoms with Crippen molar-refractivity contribution in [2.45, 2.75) is 32.1 Å². The molecule has 0 fully saturated rings. The molecule has 1 heterocycles. The summed E-state index contributed by atoms with van der Waals surface area (Å²) in [6, 6.07) is 4.56. The van der Waals surface area contributed by atoms with Crippen LogP contribution >= 0.6 is 0 Å². The molecule has 1 aliphatic heterocycles. The van der Waals surface area contributed by atoms with Crippen molar-refractivity contribution in [1.29, 1.82) is 0 Å². The predicted octanol–water partition coefficient (Wildman–Crippen LogP) is 2.38. The third-order valence-corrected chi connectivity index (χ3v) is 4.26. The molecule has 6 nitrogen and oxygen atoms in total. The summed E-state index contributed by atoms with van der Waals surface area (Å²) in [5.41, 5.74) is 1.98. The number of non-ortho nitro benzene ring substituents is 1. The van der Waals surface area contributed by atoms with Crippen LogP contribution in [0, 0.1) is 10.1 Å². The normalized spacial score (nSPS) is 18.7. The highest BCUT2D eigenvalue weighted by molar-refractivity contribution is 7.91. The van der Waals surface area contributed by atoms with Crippen LogP contribution in [-0.2, 0) is 22.7 Å². The summed E-state index contributed by atoms with van der Waals surface area (Å²) in [4.78, 5) is 10.4. The van der Waals surface area contributed by atoms with Gasteiger partial charge in [0.05, 0.1) is 18.1 Å². The van der Waals surface area contributed by atoms with Crippen molar-refractivity contribution < 1.29 is 14.2 Å². The van der Waals surface area contributed by atoms with Crippen LogP contribution in [0.15, 0.2) is 22.6 Å². The fourth-order valence-electron chi connectivity index (χ4n) is 1.72. The van der Waals surface area contributed by atoms with Crippen LogP contribution in [0.3, 0.4) is 0 Å². The number of nitro benzene ring substituents is 1. The Kier molecular flexibility index (Phi) is 4.12. The van der Waals surface area contributed by atoms with Gasteiger partial charge in [-0.1, -0.05) is 4.40 Å². The average molecular weight is 296 g/mol. The summed E-state index contributed by atoms with van der Waals surface area (Å²) in [5, 5.41) is 10.8. The van der Waals surface area contributed by atoms with Crippen LogP contribution in [0.4, 0.5) is 5.69 Å². The first-order valence-electron chi connectivity index (χ1n) is 6.14. The molecule has 0 saturated carbocycles. The largest absolute Gasteiger partial charge is 0.591 e. The van der Waals surface area contributed by atoms with Crippen molar-refractivity contribution in [2.24, 2.45) is 4.40 Å². The molecule has 0 unspecified atom stereocenters. The molecule has 1 atom stereocenters. The molecule has 1 aromatic rings. The monoisotopic (exact) mass is 296 g/mol. The Balaban J connectivity index is 2.43. The van der Waals surface area contributed by atoms with Gasteiger partial charge in [-0.25, -0.2) is 0 Å². The van der Waals surface area contributed by atoms with Crippen molar-refractivity contribution in [3.63, 3.8) is 0 Å². The lowest BCUT2D eigenvalue weighted by molar-refractivity contribution is -0.384. The number of benzene rings is 1. The second kappa shape index (κ2) is 5.51. The molecule has 0 radical (unpaired) electrons. The van der Waals surface area contributed by atoms with Crippen LogP contribution in [0.5, 0.6) is 0 Å². The van der Waals surface area contributed by atoms with E-state index in [0.717, 1.165) is 5.56 Å². The van der Waals surface area contributed by atoms with Crippen molar-refractivity contribution in [3.05, 3.63) is 39.4 Å². The minimum Gasteiger partial charge on any atom is -0.591 e. The zero-order chi connectivity index (χ0) is 14.9. The molecule has 0 spiro atoms. The summed E-state index contributed by atoms with van der Waals surface area (Å²) >= 11 is -1.42. The summed E-state index contributed by atoms with van der Waals surface area (Å²) in [6.45, 7) is 6.08. The maximum atomic E-state index is 12.1. The van der Waals surface area contributed by atoms with Crippen LogP contribution in [0.2, 0.25) is 0 Å². The maximum Gasteiger partial charge on any atom is 0.270 e. The zero-order valence-electron chi connectivity index (χ0n) is 11.6. The second-order valence-corrected chi connectivity index (χ2v) is 7.40. The van der Waals surface area contributed by atoms with Gasteiger partial charge < -0.3 is 9.29 Å². The lowest BCUT2D eigenvalue weighted by Crippen LogP contribution is -2.29. The molecule has 0 amide bonds. The van der Waals surface area contributed by atoms with Crippen molar-refractivity contribution >= 4 is 22.8 Å². The SMILES string of the molecule is CC(C)(C)[S@@+]([O-])/N=C1\COCc2ccc([N+](=O)[O-])cc21. The number of rotatable bonds is 2. The van der Waals surface area contributed by atoms with E-state index in [9.17, 15) is 14.7 Å². The molecule has 108 valence electrons. The molecule has 2 rings (SSSR count). The molecule has 0 aliphatic carbocycles. The van der Waals surface area contributed by atoms with Crippen molar-refractivity contribution in [1.82, 2.24) is 0 Å². The van der Waals surface area contributed by atoms with Gasteiger partial charge in [0.2, 0.25) is 0 Å². The lowest BCUT2D eigenvalue weighted by Gasteiger charge is -2.22. The van der Waals surface area contributed by atoms with Gasteiger partial charge in [0.1, 0.15) is 21.8 Å². The fraction of sp³-hybridized carbons (Fsp3) is 0.462. The lowest BCUT2D eigenvalue weighted by atomic mass is 10.0. The third-order valence-electron chi connectivity index (χ3n) is 2.83. The van der Waals surface area contributed by atoms with Gasteiger partial charge in [0.25, 0.3) is 5.69 Å². The minimum atomic E-state index is -1.42. The maximum absolute atomic E-state index is 12.1. The molecule has 0 saturated heterocycles. The average Bonchev–Trinajstić information content (AvgIpc) is 2.37. The smallest absolute Gasteiger partial charge is 0.270 e. The standard InChI is InChI=1S/C13H16N2O4S/c1-13(2,3)20(18)14-12-8-19-7-9-4-5-10(15(16)17)6-11(9)12/h4-6H,7-8H2,1-3H3/b14-12+/t20-/m1/s1. The molecule has 0 aromatic heterocycles. The van der Waals surface area contributed by atoms with E-state index in [1.807, 2.05) is 20.8 Å². The first kappa shape index (κ1) is 15.0. The van der Waals surface area contributed by atoms with E-state index in [-0.39, 0.29) is 12.3 Å². The minimum absolute atomic E-state index is 0.000101. The topological polar surface area (TPSA) is 87.8 Å². The highest BCUT2D eigenvalue weighted by atomic mass is 32.2. The summed E-state index contributed by atoms with van der Waals surface area (Å²) in [6.07, 6.45) is 0. The van der Waals surface area contributed by atoms with Gasteiger partial charge in [-0.3, -0.25) is 10.1 Å². The van der Waals surface area contributed by atoms with E-state index in [2.05, 4.69) is 4.40 Å². The number of ether oxygens (including phenoxy) is 1. The number of nitrogens with zero attached hydrogens (tertiary/aromatic N) is 2. The molecule has 1 aromatic carbocycles. The van der Waals surface area contributed by atoms with Crippen LogP contribution < -0.4 is 0 Å². The van der Waals surface area contributed by atoms with Crippen molar-refractivity contribution in [2.75, 3.05) is 6.61 Å². The first-order chi connectivity index (χ1) is 9.29. The fourth-order valence-corrected chi connectivity index (χ4v) is 2.35. The summed E-state index contributed by atoms with van der Waals surface area (Å²) in [5.74, 6) is 0. The Morgan fingerprint density at radius 1 is 1.35 bits per heavy atom. The van der Waals surface area contributed by atoms with E-state index in [1.54, 1.807) is 6.07 Å².